The van der Waals surface area contributed by atoms with Crippen molar-refractivity contribution in [3.05, 3.63) is 94.8 Å². The molecule has 1 fully saturated rings. The molecule has 36 heavy (non-hydrogen) atoms. The highest BCUT2D eigenvalue weighted by Gasteiger charge is 2.24. The first-order chi connectivity index (χ1) is 17.5. The predicted octanol–water partition coefficient (Wildman–Crippen LogP) is 4.20. The van der Waals surface area contributed by atoms with Crippen LogP contribution >= 0.6 is 0 Å². The minimum absolute atomic E-state index is 0.0614. The van der Waals surface area contributed by atoms with Gasteiger partial charge in [-0.05, 0) is 41.8 Å². The van der Waals surface area contributed by atoms with Gasteiger partial charge in [0, 0.05) is 50.6 Å². The number of hydrogen-bond acceptors (Lipinski definition) is 6. The minimum Gasteiger partial charge on any atom is -0.494 e. The first-order valence-corrected chi connectivity index (χ1v) is 12.0. The topological polar surface area (TPSA) is 72.3 Å². The monoisotopic (exact) mass is 485 g/mol. The van der Waals surface area contributed by atoms with Crippen LogP contribution in [0.2, 0.25) is 0 Å². The van der Waals surface area contributed by atoms with E-state index >= 15 is 0 Å². The first kappa shape index (κ1) is 23.7. The molecule has 184 valence electrons. The molecule has 1 aliphatic rings. The highest BCUT2D eigenvalue weighted by molar-refractivity contribution is 5.65. The molecule has 0 bridgehead atoms. The number of hydrogen-bond donors (Lipinski definition) is 1. The third-order valence-corrected chi connectivity index (χ3v) is 6.43. The third-order valence-electron chi connectivity index (χ3n) is 6.43. The fourth-order valence-corrected chi connectivity index (χ4v) is 4.50. The molecule has 1 aliphatic heterocycles. The number of benzene rings is 2. The Hall–Kier alpha value is -4.04. The smallest absolute Gasteiger partial charge is 0.255 e. The number of rotatable bonds is 6. The van der Waals surface area contributed by atoms with Crippen LogP contribution in [0.1, 0.15) is 18.5 Å². The largest absolute Gasteiger partial charge is 0.494 e. The molecule has 0 unspecified atom stereocenters. The summed E-state index contributed by atoms with van der Waals surface area (Å²) in [6.45, 7) is 4.66. The lowest BCUT2D eigenvalue weighted by molar-refractivity contribution is 0.340. The van der Waals surface area contributed by atoms with Crippen LogP contribution in [0.4, 0.5) is 10.3 Å². The first-order valence-electron chi connectivity index (χ1n) is 12.0. The van der Waals surface area contributed by atoms with Gasteiger partial charge in [-0.25, -0.2) is 9.37 Å². The summed E-state index contributed by atoms with van der Waals surface area (Å²) >= 11 is 0. The van der Waals surface area contributed by atoms with Crippen LogP contribution < -0.4 is 20.5 Å². The second kappa shape index (κ2) is 10.3. The zero-order chi connectivity index (χ0) is 25.1. The average Bonchev–Trinajstić information content (AvgIpc) is 2.91. The van der Waals surface area contributed by atoms with Crippen LogP contribution in [0.15, 0.2) is 77.9 Å². The van der Waals surface area contributed by atoms with E-state index in [0.717, 1.165) is 35.2 Å². The second-order valence-corrected chi connectivity index (χ2v) is 8.73. The minimum atomic E-state index is -0.505. The molecule has 4 aromatic rings. The predicted molar refractivity (Wildman–Crippen MR) is 139 cm³/mol. The normalized spacial score (nSPS) is 15.6. The van der Waals surface area contributed by atoms with Gasteiger partial charge >= 0.3 is 0 Å². The number of nitrogens with one attached hydrogen (secondary N) is 1. The highest BCUT2D eigenvalue weighted by atomic mass is 19.1. The van der Waals surface area contributed by atoms with Crippen molar-refractivity contribution in [2.45, 2.75) is 13.0 Å². The lowest BCUT2D eigenvalue weighted by Crippen LogP contribution is -2.47. The molecule has 1 saturated heterocycles. The number of nitrogens with zero attached hydrogens (tertiary/aromatic N) is 4. The maximum absolute atomic E-state index is 14.3. The Morgan fingerprint density at radius 1 is 1.08 bits per heavy atom. The van der Waals surface area contributed by atoms with Crippen molar-refractivity contribution in [1.29, 1.82) is 0 Å². The number of halogens is 1. The van der Waals surface area contributed by atoms with Crippen LogP contribution in [0, 0.1) is 5.82 Å². The van der Waals surface area contributed by atoms with Crippen LogP contribution in [-0.2, 0) is 7.05 Å². The Kier molecular flexibility index (Phi) is 6.77. The fourth-order valence-electron chi connectivity index (χ4n) is 4.50. The molecule has 2 aromatic carbocycles. The molecule has 0 radical (unpaired) electrons. The van der Waals surface area contributed by atoms with Crippen molar-refractivity contribution >= 4 is 5.95 Å². The van der Waals surface area contributed by atoms with Gasteiger partial charge in [0.15, 0.2) is 5.82 Å². The summed E-state index contributed by atoms with van der Waals surface area (Å²) in [7, 11) is 1.69. The van der Waals surface area contributed by atoms with E-state index in [1.807, 2.05) is 19.1 Å². The zero-order valence-electron chi connectivity index (χ0n) is 20.3. The van der Waals surface area contributed by atoms with Crippen molar-refractivity contribution in [3.8, 4) is 28.1 Å². The Bertz CT molecular complexity index is 1400. The lowest BCUT2D eigenvalue weighted by atomic mass is 9.99. The molecule has 0 spiro atoms. The highest BCUT2D eigenvalue weighted by Crippen LogP contribution is 2.27. The number of aromatic nitrogens is 3. The van der Waals surface area contributed by atoms with Crippen molar-refractivity contribution in [2.24, 2.45) is 7.05 Å². The van der Waals surface area contributed by atoms with Crippen molar-refractivity contribution in [1.82, 2.24) is 19.9 Å². The molecular formula is C28H28FN5O2. The maximum Gasteiger partial charge on any atom is 0.255 e. The Labute approximate surface area is 209 Å². The average molecular weight is 486 g/mol. The van der Waals surface area contributed by atoms with Crippen LogP contribution in [0.3, 0.4) is 0 Å². The Morgan fingerprint density at radius 3 is 2.50 bits per heavy atom. The Balaban J connectivity index is 1.37. The van der Waals surface area contributed by atoms with E-state index in [1.165, 1.54) is 22.9 Å². The van der Waals surface area contributed by atoms with E-state index in [1.54, 1.807) is 7.05 Å². The van der Waals surface area contributed by atoms with E-state index in [2.05, 4.69) is 56.6 Å². The molecule has 0 saturated carbocycles. The summed E-state index contributed by atoms with van der Waals surface area (Å²) < 4.78 is 21.4. The van der Waals surface area contributed by atoms with Gasteiger partial charge in [-0.3, -0.25) is 14.3 Å². The fraction of sp³-hybridized carbons (Fsp3) is 0.250. The van der Waals surface area contributed by atoms with E-state index in [4.69, 9.17) is 4.74 Å². The molecule has 1 atom stereocenters. The van der Waals surface area contributed by atoms with Crippen LogP contribution in [0.5, 0.6) is 5.75 Å². The van der Waals surface area contributed by atoms with E-state index in [-0.39, 0.29) is 17.2 Å². The molecule has 7 nitrogen and oxygen atoms in total. The SMILES string of the molecule is CCOc1ccc(-c2ccc([C@H]3CN(c4nc(-c5ccncc5F)cc(=O)n4C)CCN3)cc2)cc1. The molecule has 1 N–H and O–H groups in total. The van der Waals surface area contributed by atoms with Gasteiger partial charge in [0.2, 0.25) is 5.95 Å². The van der Waals surface area contributed by atoms with Gasteiger partial charge in [-0.1, -0.05) is 36.4 Å². The van der Waals surface area contributed by atoms with E-state index in [0.29, 0.717) is 31.3 Å². The molecule has 3 heterocycles. The van der Waals surface area contributed by atoms with Gasteiger partial charge in [0.25, 0.3) is 5.56 Å². The summed E-state index contributed by atoms with van der Waals surface area (Å²) in [4.78, 5) is 23.2. The molecule has 5 rings (SSSR count). The Morgan fingerprint density at radius 2 is 1.81 bits per heavy atom. The zero-order valence-corrected chi connectivity index (χ0v) is 20.3. The van der Waals surface area contributed by atoms with Gasteiger partial charge in [0.1, 0.15) is 5.75 Å². The number of anilines is 1. The maximum atomic E-state index is 14.3. The van der Waals surface area contributed by atoms with Gasteiger partial charge < -0.3 is 15.0 Å². The quantitative estimate of drug-likeness (QED) is 0.441. The molecular weight excluding hydrogens is 457 g/mol. The summed E-state index contributed by atoms with van der Waals surface area (Å²) in [5.74, 6) is 0.879. The summed E-state index contributed by atoms with van der Waals surface area (Å²) in [6.07, 6.45) is 2.63. The van der Waals surface area contributed by atoms with Gasteiger partial charge in [-0.2, -0.15) is 0 Å². The van der Waals surface area contributed by atoms with Crippen LogP contribution in [0.25, 0.3) is 22.4 Å². The summed E-state index contributed by atoms with van der Waals surface area (Å²) in [5, 5.41) is 3.56. The number of piperazine rings is 1. The van der Waals surface area contributed by atoms with Gasteiger partial charge in [-0.15, -0.1) is 0 Å². The van der Waals surface area contributed by atoms with E-state index < -0.39 is 5.82 Å². The molecule has 2 aromatic heterocycles. The van der Waals surface area contributed by atoms with Crippen molar-refractivity contribution < 1.29 is 9.13 Å². The third kappa shape index (κ3) is 4.85. The standard InChI is InChI=1S/C28H28FN5O2/c1-3-36-22-10-8-20(9-11-22)19-4-6-21(7-5-19)26-18-34(15-14-31-26)28-32-25(16-27(35)33(28)2)23-12-13-30-17-24(23)29/h4-13,16-17,26,31H,3,14-15,18H2,1-2H3/t26-/m1/s1. The van der Waals surface area contributed by atoms with Gasteiger partial charge in [0.05, 0.1) is 18.5 Å². The summed E-state index contributed by atoms with van der Waals surface area (Å²) in [6, 6.07) is 19.5. The van der Waals surface area contributed by atoms with Crippen molar-refractivity contribution in [3.63, 3.8) is 0 Å². The van der Waals surface area contributed by atoms with E-state index in [9.17, 15) is 9.18 Å². The number of pyridine rings is 1. The van der Waals surface area contributed by atoms with Crippen molar-refractivity contribution in [2.75, 3.05) is 31.1 Å². The lowest BCUT2D eigenvalue weighted by Gasteiger charge is -2.35. The second-order valence-electron chi connectivity index (χ2n) is 8.73. The molecule has 0 aliphatic carbocycles. The number of ether oxygens (including phenoxy) is 1. The summed E-state index contributed by atoms with van der Waals surface area (Å²) in [5.41, 5.74) is 3.74. The molecule has 8 heteroatoms. The molecule has 0 amide bonds. The van der Waals surface area contributed by atoms with Crippen LogP contribution in [-0.4, -0.2) is 40.8 Å².